The first-order valence-electron chi connectivity index (χ1n) is 7.63. The molecule has 0 saturated heterocycles. The zero-order valence-electron chi connectivity index (χ0n) is 13.9. The van der Waals surface area contributed by atoms with Crippen LogP contribution in [0.15, 0.2) is 48.5 Å². The van der Waals surface area contributed by atoms with Gasteiger partial charge in [-0.1, -0.05) is 37.3 Å². The molecule has 0 aliphatic rings. The number of hydrogen-bond acceptors (Lipinski definition) is 5. The summed E-state index contributed by atoms with van der Waals surface area (Å²) in [5.74, 6) is -1.16. The number of amides is 1. The van der Waals surface area contributed by atoms with E-state index in [2.05, 4.69) is 10.1 Å². The summed E-state index contributed by atoms with van der Waals surface area (Å²) in [5.41, 5.74) is 0.717. The first kappa shape index (κ1) is 18.1. The smallest absolute Gasteiger partial charge is 0.338 e. The van der Waals surface area contributed by atoms with Gasteiger partial charge in [-0.3, -0.25) is 14.9 Å². The average Bonchev–Trinajstić information content (AvgIpc) is 2.65. The van der Waals surface area contributed by atoms with E-state index < -0.39 is 16.8 Å². The first-order chi connectivity index (χ1) is 11.9. The summed E-state index contributed by atoms with van der Waals surface area (Å²) >= 11 is 0. The maximum atomic E-state index is 12.3. The Bertz CT molecular complexity index is 789. The van der Waals surface area contributed by atoms with Gasteiger partial charge in [0.05, 0.1) is 17.6 Å². The Morgan fingerprint density at radius 1 is 1.16 bits per heavy atom. The molecule has 0 spiro atoms. The number of nitro groups is 1. The molecule has 0 unspecified atom stereocenters. The van der Waals surface area contributed by atoms with Gasteiger partial charge in [-0.15, -0.1) is 0 Å². The third-order valence-corrected chi connectivity index (χ3v) is 3.75. The molecular formula is C18H18N2O5. The van der Waals surface area contributed by atoms with E-state index in [9.17, 15) is 19.7 Å². The van der Waals surface area contributed by atoms with Crippen LogP contribution in [0.4, 0.5) is 5.69 Å². The second-order valence-electron chi connectivity index (χ2n) is 5.54. The third-order valence-electron chi connectivity index (χ3n) is 3.75. The van der Waals surface area contributed by atoms with Crippen LogP contribution in [0.3, 0.4) is 0 Å². The molecule has 1 N–H and O–H groups in total. The lowest BCUT2D eigenvalue weighted by atomic mass is 10.0. The number of nitro benzene ring substituents is 1. The van der Waals surface area contributed by atoms with Gasteiger partial charge in [0.1, 0.15) is 0 Å². The lowest BCUT2D eigenvalue weighted by Crippen LogP contribution is -2.27. The van der Waals surface area contributed by atoms with Crippen molar-refractivity contribution in [2.24, 2.45) is 0 Å². The summed E-state index contributed by atoms with van der Waals surface area (Å²) in [5, 5.41) is 13.7. The SMILES string of the molecule is COC(=O)c1cc(C(=O)NC[C@H](C)c2ccccc2)cc([N+](=O)[O-])c1. The molecule has 2 rings (SSSR count). The van der Waals surface area contributed by atoms with Crippen molar-refractivity contribution in [1.82, 2.24) is 5.32 Å². The number of esters is 1. The van der Waals surface area contributed by atoms with Gasteiger partial charge >= 0.3 is 5.97 Å². The molecule has 7 nitrogen and oxygen atoms in total. The van der Waals surface area contributed by atoms with E-state index in [4.69, 9.17) is 0 Å². The number of benzene rings is 2. The van der Waals surface area contributed by atoms with E-state index in [1.54, 1.807) is 0 Å². The molecule has 2 aromatic rings. The molecule has 1 atom stereocenters. The number of nitrogens with one attached hydrogen (secondary N) is 1. The van der Waals surface area contributed by atoms with Crippen LogP contribution in [0.1, 0.15) is 39.1 Å². The van der Waals surface area contributed by atoms with Gasteiger partial charge in [-0.25, -0.2) is 4.79 Å². The Labute approximate surface area is 144 Å². The Morgan fingerprint density at radius 2 is 1.80 bits per heavy atom. The van der Waals surface area contributed by atoms with Gasteiger partial charge in [0.15, 0.2) is 0 Å². The molecule has 130 valence electrons. The summed E-state index contributed by atoms with van der Waals surface area (Å²) < 4.78 is 4.57. The number of rotatable bonds is 6. The van der Waals surface area contributed by atoms with Gasteiger partial charge < -0.3 is 10.1 Å². The van der Waals surface area contributed by atoms with Crippen molar-refractivity contribution < 1.29 is 19.2 Å². The lowest BCUT2D eigenvalue weighted by Gasteiger charge is -2.13. The molecule has 0 aliphatic carbocycles. The highest BCUT2D eigenvalue weighted by molar-refractivity contribution is 5.99. The number of non-ortho nitro benzene ring substituents is 1. The van der Waals surface area contributed by atoms with E-state index in [-0.39, 0.29) is 22.7 Å². The topological polar surface area (TPSA) is 98.5 Å². The second kappa shape index (κ2) is 8.05. The highest BCUT2D eigenvalue weighted by Gasteiger charge is 2.18. The van der Waals surface area contributed by atoms with E-state index in [0.29, 0.717) is 6.54 Å². The third kappa shape index (κ3) is 4.63. The predicted octanol–water partition coefficient (Wildman–Crippen LogP) is 2.91. The quantitative estimate of drug-likeness (QED) is 0.494. The molecule has 0 heterocycles. The Kier molecular flexibility index (Phi) is 5.84. The van der Waals surface area contributed by atoms with Crippen LogP contribution in [-0.2, 0) is 4.74 Å². The van der Waals surface area contributed by atoms with E-state index in [1.807, 2.05) is 37.3 Å². The van der Waals surface area contributed by atoms with Crippen molar-refractivity contribution in [2.45, 2.75) is 12.8 Å². The molecule has 1 amide bonds. The standard InChI is InChI=1S/C18H18N2O5/c1-12(13-6-4-3-5-7-13)11-19-17(21)14-8-15(18(22)25-2)10-16(9-14)20(23)24/h3-10,12H,11H2,1-2H3,(H,19,21)/t12-/m0/s1. The van der Waals surface area contributed by atoms with Crippen molar-refractivity contribution in [3.05, 3.63) is 75.3 Å². The van der Waals surface area contributed by atoms with E-state index in [1.165, 1.54) is 13.2 Å². The molecule has 2 aromatic carbocycles. The Hall–Kier alpha value is -3.22. The number of nitrogens with zero attached hydrogens (tertiary/aromatic N) is 1. The Balaban J connectivity index is 2.16. The van der Waals surface area contributed by atoms with Crippen LogP contribution in [0, 0.1) is 10.1 Å². The molecule has 0 radical (unpaired) electrons. The molecule has 0 aliphatic heterocycles. The molecule has 25 heavy (non-hydrogen) atoms. The largest absolute Gasteiger partial charge is 0.465 e. The highest BCUT2D eigenvalue weighted by Crippen LogP contribution is 2.19. The fourth-order valence-electron chi connectivity index (χ4n) is 2.33. The molecular weight excluding hydrogens is 324 g/mol. The minimum atomic E-state index is -0.740. The molecule has 0 saturated carbocycles. The molecule has 0 aromatic heterocycles. The summed E-state index contributed by atoms with van der Waals surface area (Å²) in [6, 6.07) is 13.1. The van der Waals surface area contributed by atoms with Crippen molar-refractivity contribution in [3.63, 3.8) is 0 Å². The van der Waals surface area contributed by atoms with Crippen LogP contribution in [0.2, 0.25) is 0 Å². The second-order valence-corrected chi connectivity index (χ2v) is 5.54. The summed E-state index contributed by atoms with van der Waals surface area (Å²) in [4.78, 5) is 34.3. The van der Waals surface area contributed by atoms with Gasteiger partial charge in [-0.2, -0.15) is 0 Å². The number of carbonyl (C=O) groups excluding carboxylic acids is 2. The van der Waals surface area contributed by atoms with Crippen molar-refractivity contribution in [1.29, 1.82) is 0 Å². The number of hydrogen-bond donors (Lipinski definition) is 1. The van der Waals surface area contributed by atoms with Crippen molar-refractivity contribution in [3.8, 4) is 0 Å². The van der Waals surface area contributed by atoms with E-state index in [0.717, 1.165) is 17.7 Å². The molecule has 7 heteroatoms. The fourth-order valence-corrected chi connectivity index (χ4v) is 2.33. The molecule has 0 fully saturated rings. The number of carbonyl (C=O) groups is 2. The minimum Gasteiger partial charge on any atom is -0.465 e. The van der Waals surface area contributed by atoms with E-state index >= 15 is 0 Å². The summed E-state index contributed by atoms with van der Waals surface area (Å²) in [6.45, 7) is 2.32. The monoisotopic (exact) mass is 342 g/mol. The number of methoxy groups -OCH3 is 1. The molecule has 0 bridgehead atoms. The fraction of sp³-hybridized carbons (Fsp3) is 0.222. The normalized spacial score (nSPS) is 11.4. The van der Waals surface area contributed by atoms with Gasteiger partial charge in [0.2, 0.25) is 0 Å². The average molecular weight is 342 g/mol. The lowest BCUT2D eigenvalue weighted by molar-refractivity contribution is -0.384. The highest BCUT2D eigenvalue weighted by atomic mass is 16.6. The van der Waals surface area contributed by atoms with Gasteiger partial charge in [0, 0.05) is 24.2 Å². The predicted molar refractivity (Wildman–Crippen MR) is 91.6 cm³/mol. The van der Waals surface area contributed by atoms with Gasteiger partial charge in [-0.05, 0) is 17.5 Å². The van der Waals surface area contributed by atoms with Crippen LogP contribution in [0.5, 0.6) is 0 Å². The summed E-state index contributed by atoms with van der Waals surface area (Å²) in [6.07, 6.45) is 0. The first-order valence-corrected chi connectivity index (χ1v) is 7.63. The maximum Gasteiger partial charge on any atom is 0.338 e. The van der Waals surface area contributed by atoms with Crippen LogP contribution in [0.25, 0.3) is 0 Å². The van der Waals surface area contributed by atoms with Crippen molar-refractivity contribution >= 4 is 17.6 Å². The number of ether oxygens (including phenoxy) is 1. The minimum absolute atomic E-state index is 0.0369. The van der Waals surface area contributed by atoms with Crippen LogP contribution >= 0.6 is 0 Å². The summed E-state index contributed by atoms with van der Waals surface area (Å²) in [7, 11) is 1.17. The zero-order chi connectivity index (χ0) is 18.4. The maximum absolute atomic E-state index is 12.3. The zero-order valence-corrected chi connectivity index (χ0v) is 13.9. The van der Waals surface area contributed by atoms with Crippen LogP contribution < -0.4 is 5.32 Å². The Morgan fingerprint density at radius 3 is 2.40 bits per heavy atom. The van der Waals surface area contributed by atoms with Gasteiger partial charge in [0.25, 0.3) is 11.6 Å². The van der Waals surface area contributed by atoms with Crippen molar-refractivity contribution in [2.75, 3.05) is 13.7 Å². The van der Waals surface area contributed by atoms with Crippen LogP contribution in [-0.4, -0.2) is 30.5 Å².